The summed E-state index contributed by atoms with van der Waals surface area (Å²) in [6.07, 6.45) is 3.68. The molecule has 7 nitrogen and oxygen atoms in total. The molecule has 2 aromatic heterocycles. The molecule has 0 bridgehead atoms. The first-order valence-corrected chi connectivity index (χ1v) is 10.4. The number of aryl methyl sites for hydroxylation is 1. The molecule has 7 heteroatoms. The van der Waals surface area contributed by atoms with Crippen molar-refractivity contribution in [3.63, 3.8) is 0 Å². The molecule has 0 unspecified atom stereocenters. The summed E-state index contributed by atoms with van der Waals surface area (Å²) >= 11 is 0. The van der Waals surface area contributed by atoms with Crippen molar-refractivity contribution in [2.75, 3.05) is 36.6 Å². The summed E-state index contributed by atoms with van der Waals surface area (Å²) in [6, 6.07) is 20.4. The van der Waals surface area contributed by atoms with Gasteiger partial charge in [-0.15, -0.1) is 0 Å². The highest BCUT2D eigenvalue weighted by molar-refractivity contribution is 5.81. The molecule has 0 spiro atoms. The molecule has 5 rings (SSSR count). The van der Waals surface area contributed by atoms with E-state index in [4.69, 9.17) is 9.72 Å². The van der Waals surface area contributed by atoms with Crippen molar-refractivity contribution in [1.29, 1.82) is 0 Å². The Morgan fingerprint density at radius 2 is 1.87 bits per heavy atom. The lowest BCUT2D eigenvalue weighted by molar-refractivity contribution is 0.122. The van der Waals surface area contributed by atoms with E-state index in [2.05, 4.69) is 51.7 Å². The van der Waals surface area contributed by atoms with Crippen LogP contribution in [0.1, 0.15) is 11.1 Å². The minimum absolute atomic E-state index is 0.676. The molecular weight excluding hydrogens is 388 g/mol. The maximum atomic E-state index is 5.54. The Kier molecular flexibility index (Phi) is 5.33. The van der Waals surface area contributed by atoms with Crippen LogP contribution in [0.2, 0.25) is 0 Å². The second kappa shape index (κ2) is 8.57. The molecule has 31 heavy (non-hydrogen) atoms. The normalized spacial score (nSPS) is 14.4. The quantitative estimate of drug-likeness (QED) is 0.397. The number of rotatable bonds is 5. The molecule has 4 aromatic rings. The molecule has 2 aromatic carbocycles. The lowest BCUT2D eigenvalue weighted by Gasteiger charge is -2.29. The topological polar surface area (TPSA) is 67.0 Å². The largest absolute Gasteiger partial charge is 0.378 e. The van der Waals surface area contributed by atoms with Crippen LogP contribution in [0.3, 0.4) is 0 Å². The standard InChI is InChI=1S/C24H24N6O/c1-18-6-5-7-19(14-18)16-25-28-22-15-23(29-10-12-31-13-11-29)30-24(27-22)21(17-26-30)20-8-3-2-4-9-20/h2-9,14-17H,10-13H2,1H3,(H,27,28). The van der Waals surface area contributed by atoms with Crippen LogP contribution in [0, 0.1) is 6.92 Å². The van der Waals surface area contributed by atoms with Crippen molar-refractivity contribution in [3.8, 4) is 11.1 Å². The van der Waals surface area contributed by atoms with Crippen molar-refractivity contribution in [1.82, 2.24) is 14.6 Å². The van der Waals surface area contributed by atoms with Crippen LogP contribution in [0.15, 0.2) is 72.0 Å². The number of fused-ring (bicyclic) bond motifs is 1. The Bertz CT molecular complexity index is 1210. The van der Waals surface area contributed by atoms with Gasteiger partial charge in [-0.05, 0) is 18.1 Å². The van der Waals surface area contributed by atoms with E-state index in [-0.39, 0.29) is 0 Å². The molecule has 1 saturated heterocycles. The Morgan fingerprint density at radius 3 is 2.68 bits per heavy atom. The molecule has 0 aliphatic carbocycles. The van der Waals surface area contributed by atoms with Gasteiger partial charge in [0.05, 0.1) is 25.6 Å². The summed E-state index contributed by atoms with van der Waals surface area (Å²) in [5.74, 6) is 1.65. The second-order valence-electron chi connectivity index (χ2n) is 7.54. The first-order valence-electron chi connectivity index (χ1n) is 10.4. The van der Waals surface area contributed by atoms with Crippen molar-refractivity contribution in [2.45, 2.75) is 6.92 Å². The van der Waals surface area contributed by atoms with Crippen molar-refractivity contribution >= 4 is 23.5 Å². The highest BCUT2D eigenvalue weighted by Crippen LogP contribution is 2.28. The number of morpholine rings is 1. The highest BCUT2D eigenvalue weighted by atomic mass is 16.5. The van der Waals surface area contributed by atoms with Crippen LogP contribution >= 0.6 is 0 Å². The van der Waals surface area contributed by atoms with Crippen molar-refractivity contribution < 1.29 is 4.74 Å². The number of nitrogens with zero attached hydrogens (tertiary/aromatic N) is 5. The number of hydrogen-bond acceptors (Lipinski definition) is 6. The molecule has 1 aliphatic heterocycles. The van der Waals surface area contributed by atoms with E-state index in [9.17, 15) is 0 Å². The highest BCUT2D eigenvalue weighted by Gasteiger charge is 2.19. The van der Waals surface area contributed by atoms with Gasteiger partial charge >= 0.3 is 0 Å². The van der Waals surface area contributed by atoms with E-state index in [0.29, 0.717) is 19.0 Å². The maximum Gasteiger partial charge on any atom is 0.167 e. The zero-order valence-electron chi connectivity index (χ0n) is 17.4. The lowest BCUT2D eigenvalue weighted by atomic mass is 10.1. The predicted molar refractivity (Wildman–Crippen MR) is 124 cm³/mol. The molecule has 3 heterocycles. The summed E-state index contributed by atoms with van der Waals surface area (Å²) < 4.78 is 7.44. The van der Waals surface area contributed by atoms with Gasteiger partial charge in [-0.2, -0.15) is 14.7 Å². The third-order valence-electron chi connectivity index (χ3n) is 5.31. The van der Waals surface area contributed by atoms with E-state index in [0.717, 1.165) is 41.2 Å². The average molecular weight is 412 g/mol. The fourth-order valence-electron chi connectivity index (χ4n) is 3.77. The van der Waals surface area contributed by atoms with Crippen LogP contribution in [0.4, 0.5) is 11.6 Å². The minimum Gasteiger partial charge on any atom is -0.378 e. The first kappa shape index (κ1) is 19.3. The van der Waals surface area contributed by atoms with Gasteiger partial charge in [-0.25, -0.2) is 4.98 Å². The van der Waals surface area contributed by atoms with Gasteiger partial charge in [-0.1, -0.05) is 60.2 Å². The summed E-state index contributed by atoms with van der Waals surface area (Å²) in [5, 5.41) is 9.08. The van der Waals surface area contributed by atoms with Gasteiger partial charge in [-0.3, -0.25) is 5.43 Å². The van der Waals surface area contributed by atoms with E-state index in [1.165, 1.54) is 5.56 Å². The number of hydrazone groups is 1. The van der Waals surface area contributed by atoms with Gasteiger partial charge in [0, 0.05) is 24.7 Å². The zero-order valence-corrected chi connectivity index (χ0v) is 17.4. The zero-order chi connectivity index (χ0) is 21.0. The van der Waals surface area contributed by atoms with Gasteiger partial charge < -0.3 is 9.64 Å². The summed E-state index contributed by atoms with van der Waals surface area (Å²) in [4.78, 5) is 7.11. The fourth-order valence-corrected chi connectivity index (χ4v) is 3.77. The van der Waals surface area contributed by atoms with Crippen LogP contribution in [-0.2, 0) is 4.74 Å². The second-order valence-corrected chi connectivity index (χ2v) is 7.54. The van der Waals surface area contributed by atoms with E-state index < -0.39 is 0 Å². The van der Waals surface area contributed by atoms with Crippen molar-refractivity contribution in [3.05, 3.63) is 78.0 Å². The van der Waals surface area contributed by atoms with E-state index in [1.807, 2.05) is 53.3 Å². The molecule has 0 atom stereocenters. The average Bonchev–Trinajstić information content (AvgIpc) is 3.24. The molecular formula is C24H24N6O. The van der Waals surface area contributed by atoms with Crippen LogP contribution in [0.25, 0.3) is 16.8 Å². The smallest absolute Gasteiger partial charge is 0.167 e. The number of ether oxygens (including phenoxy) is 1. The molecule has 1 aliphatic rings. The number of anilines is 2. The molecule has 0 saturated carbocycles. The number of benzene rings is 2. The predicted octanol–water partition coefficient (Wildman–Crippen LogP) is 3.99. The van der Waals surface area contributed by atoms with Crippen LogP contribution in [-0.4, -0.2) is 47.1 Å². The van der Waals surface area contributed by atoms with E-state index >= 15 is 0 Å². The maximum absolute atomic E-state index is 5.54. The number of aromatic nitrogens is 3. The summed E-state index contributed by atoms with van der Waals surface area (Å²) in [5.41, 5.74) is 8.21. The number of nitrogens with one attached hydrogen (secondary N) is 1. The molecule has 156 valence electrons. The molecule has 1 N–H and O–H groups in total. The molecule has 0 radical (unpaired) electrons. The molecule has 0 amide bonds. The van der Waals surface area contributed by atoms with Gasteiger partial charge in [0.2, 0.25) is 0 Å². The first-order chi connectivity index (χ1) is 15.3. The Morgan fingerprint density at radius 1 is 1.03 bits per heavy atom. The fraction of sp³-hybridized carbons (Fsp3) is 0.208. The third kappa shape index (κ3) is 4.13. The minimum atomic E-state index is 0.676. The summed E-state index contributed by atoms with van der Waals surface area (Å²) in [6.45, 7) is 5.09. The third-order valence-corrected chi connectivity index (χ3v) is 5.31. The monoisotopic (exact) mass is 412 g/mol. The SMILES string of the molecule is Cc1cccc(C=NNc2cc(N3CCOCC3)n3ncc(-c4ccccc4)c3n2)c1. The van der Waals surface area contributed by atoms with Crippen LogP contribution in [0.5, 0.6) is 0 Å². The summed E-state index contributed by atoms with van der Waals surface area (Å²) in [7, 11) is 0. The van der Waals surface area contributed by atoms with Crippen molar-refractivity contribution in [2.24, 2.45) is 5.10 Å². The van der Waals surface area contributed by atoms with Gasteiger partial charge in [0.1, 0.15) is 5.82 Å². The molecule has 1 fully saturated rings. The van der Waals surface area contributed by atoms with Gasteiger partial charge in [0.25, 0.3) is 0 Å². The van der Waals surface area contributed by atoms with Crippen LogP contribution < -0.4 is 10.3 Å². The van der Waals surface area contributed by atoms with Gasteiger partial charge in [0.15, 0.2) is 11.5 Å². The van der Waals surface area contributed by atoms with E-state index in [1.54, 1.807) is 0 Å². The Hall–Kier alpha value is -3.71. The Labute approximate surface area is 181 Å². The lowest BCUT2D eigenvalue weighted by Crippen LogP contribution is -2.37. The number of hydrogen-bond donors (Lipinski definition) is 1. The Balaban J connectivity index is 1.54.